The minimum Gasteiger partial charge on any atom is -0.464 e. The van der Waals surface area contributed by atoms with Crippen molar-refractivity contribution in [3.8, 4) is 0 Å². The lowest BCUT2D eigenvalue weighted by Gasteiger charge is -2.06. The van der Waals surface area contributed by atoms with Crippen LogP contribution in [-0.4, -0.2) is 0 Å². The Morgan fingerprint density at radius 1 is 1.11 bits per heavy atom. The van der Waals surface area contributed by atoms with Crippen molar-refractivity contribution in [3.63, 3.8) is 0 Å². The Labute approximate surface area is 109 Å². The van der Waals surface area contributed by atoms with E-state index in [1.807, 2.05) is 26.0 Å². The fourth-order valence-electron chi connectivity index (χ4n) is 2.26. The number of hydrogen-bond donors (Lipinski definition) is 1. The quantitative estimate of drug-likeness (QED) is 0.761. The molecule has 0 bridgehead atoms. The summed E-state index contributed by atoms with van der Waals surface area (Å²) in [5.74, 6) is 1.72. The summed E-state index contributed by atoms with van der Waals surface area (Å²) in [7, 11) is 0. The van der Waals surface area contributed by atoms with Crippen LogP contribution in [0.25, 0.3) is 11.0 Å². The molecule has 4 heteroatoms. The van der Waals surface area contributed by atoms with Crippen LogP contribution in [0.5, 0.6) is 0 Å². The molecule has 2 heterocycles. The average Bonchev–Trinajstić information content (AvgIpc) is 2.93. The molecule has 19 heavy (non-hydrogen) atoms. The van der Waals surface area contributed by atoms with E-state index in [0.29, 0.717) is 17.1 Å². The van der Waals surface area contributed by atoms with Crippen LogP contribution < -0.4 is 5.73 Å². The maximum atomic E-state index is 13.2. The molecule has 0 amide bonds. The van der Waals surface area contributed by atoms with Gasteiger partial charge in [0, 0.05) is 17.0 Å². The molecule has 0 fully saturated rings. The topological polar surface area (TPSA) is 52.3 Å². The lowest BCUT2D eigenvalue weighted by Crippen LogP contribution is -2.11. The molecule has 3 aromatic rings. The number of fused-ring (bicyclic) bond motifs is 1. The van der Waals surface area contributed by atoms with Crippen molar-refractivity contribution in [2.45, 2.75) is 19.9 Å². The monoisotopic (exact) mass is 259 g/mol. The number of benzene rings is 1. The molecule has 1 unspecified atom stereocenters. The van der Waals surface area contributed by atoms with Gasteiger partial charge in [0.25, 0.3) is 0 Å². The zero-order valence-electron chi connectivity index (χ0n) is 10.7. The van der Waals surface area contributed by atoms with E-state index in [0.717, 1.165) is 16.7 Å². The highest BCUT2D eigenvalue weighted by Crippen LogP contribution is 2.32. The molecule has 0 aliphatic heterocycles. The van der Waals surface area contributed by atoms with Crippen LogP contribution >= 0.6 is 0 Å². The van der Waals surface area contributed by atoms with E-state index in [1.54, 1.807) is 6.07 Å². The maximum Gasteiger partial charge on any atom is 0.137 e. The third-order valence-corrected chi connectivity index (χ3v) is 3.29. The summed E-state index contributed by atoms with van der Waals surface area (Å²) in [5, 5.41) is 0.870. The number of rotatable bonds is 2. The van der Waals surface area contributed by atoms with Gasteiger partial charge in [-0.2, -0.15) is 0 Å². The first-order valence-electron chi connectivity index (χ1n) is 6.06. The highest BCUT2D eigenvalue weighted by Gasteiger charge is 2.21. The molecule has 2 N–H and O–H groups in total. The summed E-state index contributed by atoms with van der Waals surface area (Å²) < 4.78 is 24.4. The summed E-state index contributed by atoms with van der Waals surface area (Å²) in [6.45, 7) is 3.77. The second-order valence-electron chi connectivity index (χ2n) is 4.66. The van der Waals surface area contributed by atoms with Crippen LogP contribution in [-0.2, 0) is 0 Å². The van der Waals surface area contributed by atoms with Crippen molar-refractivity contribution in [2.24, 2.45) is 5.73 Å². The number of hydrogen-bond acceptors (Lipinski definition) is 3. The maximum absolute atomic E-state index is 13.2. The molecule has 0 aliphatic carbocycles. The number of furan rings is 2. The van der Waals surface area contributed by atoms with Gasteiger partial charge in [0.05, 0.1) is 0 Å². The first-order valence-corrected chi connectivity index (χ1v) is 6.06. The number of nitrogens with two attached hydrogens (primary N) is 1. The molecule has 1 atom stereocenters. The highest BCUT2D eigenvalue weighted by atomic mass is 19.1. The van der Waals surface area contributed by atoms with Crippen LogP contribution in [0, 0.1) is 19.7 Å². The molecular formula is C15H14FNO2. The predicted molar refractivity (Wildman–Crippen MR) is 70.4 cm³/mol. The smallest absolute Gasteiger partial charge is 0.137 e. The first kappa shape index (κ1) is 12.0. The van der Waals surface area contributed by atoms with Crippen LogP contribution in [0.3, 0.4) is 0 Å². The molecule has 0 saturated carbocycles. The Morgan fingerprint density at radius 2 is 1.89 bits per heavy atom. The lowest BCUT2D eigenvalue weighted by atomic mass is 10.1. The number of halogens is 1. The third-order valence-electron chi connectivity index (χ3n) is 3.29. The Morgan fingerprint density at radius 3 is 2.58 bits per heavy atom. The summed E-state index contributed by atoms with van der Waals surface area (Å²) >= 11 is 0. The molecule has 3 nitrogen and oxygen atoms in total. The van der Waals surface area contributed by atoms with Crippen LogP contribution in [0.2, 0.25) is 0 Å². The van der Waals surface area contributed by atoms with Crippen molar-refractivity contribution in [3.05, 3.63) is 59.0 Å². The van der Waals surface area contributed by atoms with Crippen molar-refractivity contribution in [2.75, 3.05) is 0 Å². The summed E-state index contributed by atoms with van der Waals surface area (Å²) in [6, 6.07) is 7.68. The van der Waals surface area contributed by atoms with Gasteiger partial charge in [-0.05, 0) is 38.1 Å². The summed E-state index contributed by atoms with van der Waals surface area (Å²) in [5.41, 5.74) is 7.57. The van der Waals surface area contributed by atoms with Crippen LogP contribution in [0.15, 0.2) is 39.2 Å². The minimum atomic E-state index is -0.482. The van der Waals surface area contributed by atoms with E-state index in [2.05, 4.69) is 0 Å². The fourth-order valence-corrected chi connectivity index (χ4v) is 2.26. The van der Waals surface area contributed by atoms with Gasteiger partial charge in [-0.3, -0.25) is 0 Å². The van der Waals surface area contributed by atoms with Gasteiger partial charge < -0.3 is 14.6 Å². The van der Waals surface area contributed by atoms with Gasteiger partial charge in [-0.25, -0.2) is 4.39 Å². The van der Waals surface area contributed by atoms with Crippen molar-refractivity contribution < 1.29 is 13.2 Å². The Balaban J connectivity index is 2.12. The molecule has 0 aliphatic rings. The first-order chi connectivity index (χ1) is 9.06. The zero-order valence-corrected chi connectivity index (χ0v) is 10.7. The second kappa shape index (κ2) is 4.24. The molecule has 0 spiro atoms. The molecule has 1 aromatic carbocycles. The molecule has 2 aromatic heterocycles. The van der Waals surface area contributed by atoms with Gasteiger partial charge in [0.2, 0.25) is 0 Å². The van der Waals surface area contributed by atoms with E-state index >= 15 is 0 Å². The average molecular weight is 259 g/mol. The van der Waals surface area contributed by atoms with Crippen molar-refractivity contribution in [1.29, 1.82) is 0 Å². The van der Waals surface area contributed by atoms with Gasteiger partial charge in [-0.1, -0.05) is 0 Å². The Bertz CT molecular complexity index is 742. The molecule has 98 valence electrons. The standard InChI is InChI=1S/C15H14FNO2/c1-8-3-6-12(18-8)14(17)15-9(2)11-5-4-10(16)7-13(11)19-15/h3-7,14H,17H2,1-2H3. The van der Waals surface area contributed by atoms with Gasteiger partial charge >= 0.3 is 0 Å². The van der Waals surface area contributed by atoms with Crippen LogP contribution in [0.4, 0.5) is 4.39 Å². The second-order valence-corrected chi connectivity index (χ2v) is 4.66. The lowest BCUT2D eigenvalue weighted by molar-refractivity contribution is 0.429. The number of aryl methyl sites for hydroxylation is 2. The summed E-state index contributed by atoms with van der Waals surface area (Å²) in [6.07, 6.45) is 0. The van der Waals surface area contributed by atoms with Gasteiger partial charge in [0.1, 0.15) is 34.7 Å². The normalized spacial score (nSPS) is 13.1. The third kappa shape index (κ3) is 1.94. The minimum absolute atomic E-state index is 0.324. The van der Waals surface area contributed by atoms with Gasteiger partial charge in [0.15, 0.2) is 0 Å². The van der Waals surface area contributed by atoms with Crippen molar-refractivity contribution in [1.82, 2.24) is 0 Å². The SMILES string of the molecule is Cc1ccc(C(N)c2oc3cc(F)ccc3c2C)o1. The predicted octanol–water partition coefficient (Wildman–Crippen LogP) is 3.83. The van der Waals surface area contributed by atoms with E-state index in [9.17, 15) is 4.39 Å². The van der Waals surface area contributed by atoms with E-state index < -0.39 is 6.04 Å². The molecule has 0 saturated heterocycles. The van der Waals surface area contributed by atoms with E-state index in [1.165, 1.54) is 12.1 Å². The van der Waals surface area contributed by atoms with Crippen molar-refractivity contribution >= 4 is 11.0 Å². The van der Waals surface area contributed by atoms with Crippen LogP contribution in [0.1, 0.15) is 28.9 Å². The summed E-state index contributed by atoms with van der Waals surface area (Å²) in [4.78, 5) is 0. The van der Waals surface area contributed by atoms with Gasteiger partial charge in [-0.15, -0.1) is 0 Å². The fraction of sp³-hybridized carbons (Fsp3) is 0.200. The largest absolute Gasteiger partial charge is 0.464 e. The molecule has 3 rings (SSSR count). The highest BCUT2D eigenvalue weighted by molar-refractivity contribution is 5.82. The zero-order chi connectivity index (χ0) is 13.6. The molecule has 0 radical (unpaired) electrons. The molecular weight excluding hydrogens is 245 g/mol. The van der Waals surface area contributed by atoms with E-state index in [-0.39, 0.29) is 5.82 Å². The Kier molecular flexibility index (Phi) is 2.68. The van der Waals surface area contributed by atoms with E-state index in [4.69, 9.17) is 14.6 Å². The Hall–Kier alpha value is -2.07.